The average Bonchev–Trinajstić information content (AvgIpc) is 2.83. The summed E-state index contributed by atoms with van der Waals surface area (Å²) in [5.41, 5.74) is 3.91. The fourth-order valence-electron chi connectivity index (χ4n) is 4.10. The third kappa shape index (κ3) is 3.00. The van der Waals surface area contributed by atoms with Gasteiger partial charge in [-0.15, -0.1) is 0 Å². The molecule has 1 heterocycles. The second-order valence-corrected chi connectivity index (χ2v) is 7.59. The summed E-state index contributed by atoms with van der Waals surface area (Å²) in [6.07, 6.45) is 4.21. The maximum absolute atomic E-state index is 9.46. The molecule has 1 aliphatic rings. The number of aliphatic hydroxyl groups excluding tert-OH is 2. The van der Waals surface area contributed by atoms with Crippen molar-refractivity contribution in [2.45, 2.75) is 18.8 Å². The van der Waals surface area contributed by atoms with Crippen molar-refractivity contribution < 1.29 is 14.9 Å². The predicted molar refractivity (Wildman–Crippen MR) is 119 cm³/mol. The van der Waals surface area contributed by atoms with E-state index in [1.165, 1.54) is 0 Å². The number of fused-ring (bicyclic) bond motifs is 3. The Morgan fingerprint density at radius 1 is 0.667 bits per heavy atom. The molecule has 0 bridgehead atoms. The van der Waals surface area contributed by atoms with Crippen molar-refractivity contribution in [2.75, 3.05) is 0 Å². The van der Waals surface area contributed by atoms with Crippen LogP contribution in [0.2, 0.25) is 0 Å². The van der Waals surface area contributed by atoms with E-state index in [0.717, 1.165) is 44.3 Å². The summed E-state index contributed by atoms with van der Waals surface area (Å²) in [6.45, 7) is 0.00525. The number of aliphatic hydroxyl groups is 2. The molecule has 0 amide bonds. The normalized spacial score (nSPS) is 14.3. The molecule has 0 atom stereocenters. The van der Waals surface area contributed by atoms with Gasteiger partial charge in [-0.1, -0.05) is 91.0 Å². The number of hydrogen-bond acceptors (Lipinski definition) is 3. The first kappa shape index (κ1) is 18.6. The van der Waals surface area contributed by atoms with E-state index in [0.29, 0.717) is 0 Å². The summed E-state index contributed by atoms with van der Waals surface area (Å²) < 4.78 is 6.84. The molecular formula is C27H22O3. The fourth-order valence-corrected chi connectivity index (χ4v) is 4.10. The molecule has 1 aliphatic heterocycles. The van der Waals surface area contributed by atoms with Crippen LogP contribution in [0.25, 0.3) is 16.8 Å². The summed E-state index contributed by atoms with van der Waals surface area (Å²) in [7, 11) is 0. The molecule has 0 radical (unpaired) electrons. The van der Waals surface area contributed by atoms with Crippen LogP contribution in [0.4, 0.5) is 0 Å². The van der Waals surface area contributed by atoms with Crippen LogP contribution in [0.5, 0.6) is 5.75 Å². The van der Waals surface area contributed by atoms with Crippen LogP contribution in [0, 0.1) is 0 Å². The minimum atomic E-state index is -0.806. The van der Waals surface area contributed by atoms with Crippen molar-refractivity contribution in [3.63, 3.8) is 0 Å². The molecule has 0 unspecified atom stereocenters. The summed E-state index contributed by atoms with van der Waals surface area (Å²) in [5.74, 6) is 0.855. The van der Waals surface area contributed by atoms with Gasteiger partial charge in [-0.3, -0.25) is 0 Å². The van der Waals surface area contributed by atoms with E-state index in [2.05, 4.69) is 36.4 Å². The van der Waals surface area contributed by atoms with Gasteiger partial charge in [0.2, 0.25) is 0 Å². The smallest absolute Gasteiger partial charge is 0.178 e. The quantitative estimate of drug-likeness (QED) is 0.502. The zero-order chi connectivity index (χ0) is 20.6. The van der Waals surface area contributed by atoms with E-state index >= 15 is 0 Å². The molecule has 2 N–H and O–H groups in total. The van der Waals surface area contributed by atoms with Crippen molar-refractivity contribution in [3.05, 3.63) is 119 Å². The van der Waals surface area contributed by atoms with Gasteiger partial charge in [0.15, 0.2) is 5.60 Å². The lowest BCUT2D eigenvalue weighted by atomic mass is 9.82. The van der Waals surface area contributed by atoms with Gasteiger partial charge < -0.3 is 14.9 Å². The summed E-state index contributed by atoms with van der Waals surface area (Å²) in [5, 5.41) is 21.1. The third-order valence-electron chi connectivity index (χ3n) is 5.80. The Labute approximate surface area is 175 Å². The molecule has 4 aromatic carbocycles. The van der Waals surface area contributed by atoms with Crippen LogP contribution in [-0.4, -0.2) is 10.2 Å². The van der Waals surface area contributed by atoms with Crippen molar-refractivity contribution in [1.82, 2.24) is 0 Å². The van der Waals surface area contributed by atoms with E-state index in [1.807, 2.05) is 60.7 Å². The van der Waals surface area contributed by atoms with Gasteiger partial charge in [-0.25, -0.2) is 0 Å². The van der Waals surface area contributed by atoms with E-state index in [1.54, 1.807) is 0 Å². The molecule has 0 aliphatic carbocycles. The average molecular weight is 394 g/mol. The molecule has 148 valence electrons. The monoisotopic (exact) mass is 394 g/mol. The molecular weight excluding hydrogens is 372 g/mol. The number of ether oxygens (including phenoxy) is 1. The first-order chi connectivity index (χ1) is 14.7. The lowest BCUT2D eigenvalue weighted by molar-refractivity contribution is 0.163. The van der Waals surface area contributed by atoms with Gasteiger partial charge in [0.25, 0.3) is 0 Å². The van der Waals surface area contributed by atoms with Crippen molar-refractivity contribution in [3.8, 4) is 5.75 Å². The SMILES string of the molecule is OCc1ccc(C2(c3ccc(CO)cc3)C=Cc3ccc4ccccc4c3O2)cc1. The molecule has 30 heavy (non-hydrogen) atoms. The predicted octanol–water partition coefficient (Wildman–Crippen LogP) is 5.17. The van der Waals surface area contributed by atoms with Crippen molar-refractivity contribution in [1.29, 1.82) is 0 Å². The largest absolute Gasteiger partial charge is 0.472 e. The summed E-state index contributed by atoms with van der Waals surface area (Å²) in [6, 6.07) is 28.2. The fraction of sp³-hybridized carbons (Fsp3) is 0.111. The highest BCUT2D eigenvalue weighted by Crippen LogP contribution is 2.45. The van der Waals surface area contributed by atoms with E-state index < -0.39 is 5.60 Å². The van der Waals surface area contributed by atoms with Crippen LogP contribution in [0.1, 0.15) is 27.8 Å². The second kappa shape index (κ2) is 7.45. The highest BCUT2D eigenvalue weighted by molar-refractivity contribution is 5.92. The van der Waals surface area contributed by atoms with Crippen LogP contribution >= 0.6 is 0 Å². The molecule has 0 aromatic heterocycles. The van der Waals surface area contributed by atoms with Crippen molar-refractivity contribution >= 4 is 16.8 Å². The zero-order valence-corrected chi connectivity index (χ0v) is 16.5. The minimum absolute atomic E-state index is 0.00262. The van der Waals surface area contributed by atoms with E-state index in [4.69, 9.17) is 4.74 Å². The first-order valence-electron chi connectivity index (χ1n) is 10.0. The molecule has 0 saturated carbocycles. The highest BCUT2D eigenvalue weighted by Gasteiger charge is 2.37. The molecule has 0 spiro atoms. The lowest BCUT2D eigenvalue weighted by Crippen LogP contribution is -2.34. The molecule has 0 saturated heterocycles. The zero-order valence-electron chi connectivity index (χ0n) is 16.5. The molecule has 3 heteroatoms. The number of benzene rings is 4. The van der Waals surface area contributed by atoms with Crippen LogP contribution < -0.4 is 4.74 Å². The minimum Gasteiger partial charge on any atom is -0.472 e. The van der Waals surface area contributed by atoms with Gasteiger partial charge in [0.05, 0.1) is 13.2 Å². The van der Waals surface area contributed by atoms with Crippen molar-refractivity contribution in [2.24, 2.45) is 0 Å². The van der Waals surface area contributed by atoms with Crippen LogP contribution in [0.3, 0.4) is 0 Å². The molecule has 0 fully saturated rings. The van der Waals surface area contributed by atoms with E-state index in [9.17, 15) is 10.2 Å². The van der Waals surface area contributed by atoms with Gasteiger partial charge in [0, 0.05) is 22.1 Å². The Kier molecular flexibility index (Phi) is 4.62. The first-order valence-corrected chi connectivity index (χ1v) is 10.0. The Bertz CT molecular complexity index is 1170. The molecule has 3 nitrogen and oxygen atoms in total. The Morgan fingerprint density at radius 3 is 1.87 bits per heavy atom. The van der Waals surface area contributed by atoms with Gasteiger partial charge in [-0.2, -0.15) is 0 Å². The number of rotatable bonds is 4. The van der Waals surface area contributed by atoms with Gasteiger partial charge >= 0.3 is 0 Å². The lowest BCUT2D eigenvalue weighted by Gasteiger charge is -2.36. The standard InChI is InChI=1S/C27H22O3/c28-17-19-5-11-23(12-6-19)27(24-13-7-20(18-29)8-14-24)16-15-22-10-9-21-3-1-2-4-25(21)26(22)30-27/h1-16,28-29H,17-18H2. The van der Waals surface area contributed by atoms with Gasteiger partial charge in [-0.05, 0) is 22.6 Å². The van der Waals surface area contributed by atoms with Crippen LogP contribution in [-0.2, 0) is 18.8 Å². The maximum atomic E-state index is 9.46. The number of hydrogen-bond donors (Lipinski definition) is 2. The van der Waals surface area contributed by atoms with Crippen LogP contribution in [0.15, 0.2) is 91.0 Å². The Hall–Kier alpha value is -3.40. The topological polar surface area (TPSA) is 49.7 Å². The van der Waals surface area contributed by atoms with Gasteiger partial charge in [0.1, 0.15) is 5.75 Å². The summed E-state index contributed by atoms with van der Waals surface area (Å²) in [4.78, 5) is 0. The second-order valence-electron chi connectivity index (χ2n) is 7.59. The van der Waals surface area contributed by atoms with E-state index in [-0.39, 0.29) is 13.2 Å². The summed E-state index contributed by atoms with van der Waals surface area (Å²) >= 11 is 0. The highest BCUT2D eigenvalue weighted by atomic mass is 16.5. The third-order valence-corrected chi connectivity index (χ3v) is 5.80. The Morgan fingerprint density at radius 2 is 1.27 bits per heavy atom. The maximum Gasteiger partial charge on any atom is 0.178 e. The molecule has 4 aromatic rings. The Balaban J connectivity index is 1.72. The molecule has 5 rings (SSSR count).